The number of benzene rings is 1. The largest absolute Gasteiger partial charge is 0.473 e. The zero-order valence-electron chi connectivity index (χ0n) is 14.3. The minimum absolute atomic E-state index is 0.0596. The summed E-state index contributed by atoms with van der Waals surface area (Å²) in [5.74, 6) is -4.27. The molecule has 9 heteroatoms. The van der Waals surface area contributed by atoms with Gasteiger partial charge in [0, 0.05) is 0 Å². The molecular weight excluding hydrogens is 407 g/mol. The molecule has 1 aromatic rings. The number of ether oxygens (including phenoxy) is 2. The molecule has 0 bridgehead atoms. The van der Waals surface area contributed by atoms with E-state index in [4.69, 9.17) is 44.6 Å². The zero-order chi connectivity index (χ0) is 19.9. The topological polar surface area (TPSA) is 89.9 Å². The quantitative estimate of drug-likeness (QED) is 0.207. The third-order valence-electron chi connectivity index (χ3n) is 3.36. The van der Waals surface area contributed by atoms with E-state index in [9.17, 15) is 14.4 Å². The van der Waals surface area contributed by atoms with E-state index in [0.717, 1.165) is 25.3 Å². The first-order valence-electron chi connectivity index (χ1n) is 7.94. The summed E-state index contributed by atoms with van der Waals surface area (Å²) >= 11 is 17.8. The van der Waals surface area contributed by atoms with E-state index in [1.54, 1.807) is 0 Å². The number of carbonyl (C=O) groups excluding carboxylic acids is 2. The number of carboxylic acids is 1. The van der Waals surface area contributed by atoms with Crippen LogP contribution in [-0.4, -0.2) is 29.6 Å². The molecule has 0 aliphatic heterocycles. The van der Waals surface area contributed by atoms with Crippen LogP contribution in [-0.2, 0) is 14.3 Å². The minimum Gasteiger partial charge on any atom is -0.473 e. The summed E-state index contributed by atoms with van der Waals surface area (Å²) in [5, 5.41) is 8.12. The van der Waals surface area contributed by atoms with Crippen LogP contribution in [0.3, 0.4) is 0 Å². The Morgan fingerprint density at radius 2 is 1.73 bits per heavy atom. The van der Waals surface area contributed by atoms with Gasteiger partial charge in [0.2, 0.25) is 0 Å². The molecule has 144 valence electrons. The molecule has 0 atom stereocenters. The lowest BCUT2D eigenvalue weighted by atomic mass is 10.1. The Bertz CT molecular complexity index is 688. The molecule has 1 rings (SSSR count). The molecule has 0 unspecified atom stereocenters. The van der Waals surface area contributed by atoms with Crippen molar-refractivity contribution in [3.8, 4) is 5.75 Å². The number of hydrogen-bond acceptors (Lipinski definition) is 5. The van der Waals surface area contributed by atoms with Crippen LogP contribution in [0.25, 0.3) is 0 Å². The molecule has 0 saturated carbocycles. The first kappa shape index (κ1) is 22.5. The van der Waals surface area contributed by atoms with Gasteiger partial charge in [0.25, 0.3) is 0 Å². The number of halogens is 3. The molecule has 0 aliphatic rings. The lowest BCUT2D eigenvalue weighted by Gasteiger charge is -2.13. The fourth-order valence-electron chi connectivity index (χ4n) is 2.07. The lowest BCUT2D eigenvalue weighted by molar-refractivity contribution is -0.158. The number of hydrogen-bond donors (Lipinski definition) is 1. The standard InChI is InChI=1S/C17H19Cl3O6/c1-9(2)6-4-3-5-7-25-16(23)12-13(20)10(18)8-11(19)14(12)26-17(24)15(21)22/h8-9H,3-7H2,1-2H3,(H,21,22). The van der Waals surface area contributed by atoms with Gasteiger partial charge < -0.3 is 14.6 Å². The van der Waals surface area contributed by atoms with Crippen molar-refractivity contribution in [3.63, 3.8) is 0 Å². The Kier molecular flexibility index (Phi) is 9.19. The van der Waals surface area contributed by atoms with Crippen molar-refractivity contribution in [3.05, 3.63) is 26.7 Å². The van der Waals surface area contributed by atoms with Gasteiger partial charge in [-0.1, -0.05) is 67.9 Å². The maximum Gasteiger partial charge on any atom is 0.422 e. The SMILES string of the molecule is CC(C)CCCCCOC(=O)c1c(Cl)c(Cl)cc(Cl)c1OC(=O)C(=O)O. The molecule has 26 heavy (non-hydrogen) atoms. The van der Waals surface area contributed by atoms with Crippen molar-refractivity contribution in [2.45, 2.75) is 39.5 Å². The number of esters is 2. The first-order valence-corrected chi connectivity index (χ1v) is 9.08. The highest BCUT2D eigenvalue weighted by Gasteiger charge is 2.27. The second kappa shape index (κ2) is 10.6. The van der Waals surface area contributed by atoms with Crippen molar-refractivity contribution in [1.82, 2.24) is 0 Å². The van der Waals surface area contributed by atoms with E-state index in [0.29, 0.717) is 12.3 Å². The van der Waals surface area contributed by atoms with Gasteiger partial charge in [-0.3, -0.25) is 0 Å². The van der Waals surface area contributed by atoms with Gasteiger partial charge in [0.15, 0.2) is 5.75 Å². The fraction of sp³-hybridized carbons (Fsp3) is 0.471. The molecule has 0 aliphatic carbocycles. The fourth-order valence-corrected chi connectivity index (χ4v) is 2.78. The molecular formula is C17H19Cl3O6. The molecule has 1 N–H and O–H groups in total. The lowest BCUT2D eigenvalue weighted by Crippen LogP contribution is -2.21. The zero-order valence-corrected chi connectivity index (χ0v) is 16.6. The van der Waals surface area contributed by atoms with Gasteiger partial charge in [-0.25, -0.2) is 14.4 Å². The monoisotopic (exact) mass is 424 g/mol. The molecule has 0 aromatic heterocycles. The maximum atomic E-state index is 12.3. The maximum absolute atomic E-state index is 12.3. The number of unbranched alkanes of at least 4 members (excludes halogenated alkanes) is 2. The molecule has 6 nitrogen and oxygen atoms in total. The van der Waals surface area contributed by atoms with E-state index < -0.39 is 23.7 Å². The molecule has 1 aromatic carbocycles. The van der Waals surface area contributed by atoms with Crippen molar-refractivity contribution in [2.75, 3.05) is 6.61 Å². The number of carboxylic acid groups (broad SMARTS) is 1. The van der Waals surface area contributed by atoms with Crippen LogP contribution in [0.1, 0.15) is 49.9 Å². The van der Waals surface area contributed by atoms with Crippen LogP contribution in [0.4, 0.5) is 0 Å². The Morgan fingerprint density at radius 1 is 1.08 bits per heavy atom. The van der Waals surface area contributed by atoms with Crippen molar-refractivity contribution in [2.24, 2.45) is 5.92 Å². The normalized spacial score (nSPS) is 10.7. The van der Waals surface area contributed by atoms with E-state index >= 15 is 0 Å². The third kappa shape index (κ3) is 6.67. The second-order valence-corrected chi connectivity index (χ2v) is 7.12. The summed E-state index contributed by atoms with van der Waals surface area (Å²) in [4.78, 5) is 34.3. The Morgan fingerprint density at radius 3 is 2.31 bits per heavy atom. The van der Waals surface area contributed by atoms with Gasteiger partial charge in [-0.2, -0.15) is 0 Å². The van der Waals surface area contributed by atoms with Crippen LogP contribution in [0.2, 0.25) is 15.1 Å². The molecule has 0 fully saturated rings. The van der Waals surface area contributed by atoms with Crippen LogP contribution in [0.15, 0.2) is 6.07 Å². The minimum atomic E-state index is -1.85. The van der Waals surface area contributed by atoms with Gasteiger partial charge in [0.05, 0.1) is 21.7 Å². The van der Waals surface area contributed by atoms with Gasteiger partial charge >= 0.3 is 17.9 Å². The van der Waals surface area contributed by atoms with Gasteiger partial charge in [-0.15, -0.1) is 0 Å². The summed E-state index contributed by atoms with van der Waals surface area (Å²) in [7, 11) is 0. The third-order valence-corrected chi connectivity index (χ3v) is 4.43. The average Bonchev–Trinajstić information content (AvgIpc) is 2.55. The molecule has 0 heterocycles. The molecule has 0 amide bonds. The van der Waals surface area contributed by atoms with E-state index in [1.165, 1.54) is 0 Å². The smallest absolute Gasteiger partial charge is 0.422 e. The van der Waals surface area contributed by atoms with Crippen molar-refractivity contribution < 1.29 is 29.0 Å². The van der Waals surface area contributed by atoms with Gasteiger partial charge in [-0.05, 0) is 18.4 Å². The molecule has 0 spiro atoms. The highest BCUT2D eigenvalue weighted by Crippen LogP contribution is 2.39. The number of carbonyl (C=O) groups is 3. The molecule has 0 radical (unpaired) electrons. The predicted octanol–water partition coefficient (Wildman–Crippen LogP) is 5.01. The summed E-state index contributed by atoms with van der Waals surface area (Å²) in [5.41, 5.74) is -0.388. The van der Waals surface area contributed by atoms with Crippen molar-refractivity contribution >= 4 is 52.7 Å². The van der Waals surface area contributed by atoms with Crippen LogP contribution >= 0.6 is 34.8 Å². The van der Waals surface area contributed by atoms with E-state index in [-0.39, 0.29) is 27.2 Å². The highest BCUT2D eigenvalue weighted by molar-refractivity contribution is 6.46. The van der Waals surface area contributed by atoms with Crippen LogP contribution in [0.5, 0.6) is 5.75 Å². The van der Waals surface area contributed by atoms with E-state index in [1.807, 2.05) is 0 Å². The summed E-state index contributed by atoms with van der Waals surface area (Å²) in [6.45, 7) is 4.39. The first-order chi connectivity index (χ1) is 12.1. The summed E-state index contributed by atoms with van der Waals surface area (Å²) in [6.07, 6.45) is 3.63. The number of aliphatic carboxylic acids is 1. The number of rotatable bonds is 8. The van der Waals surface area contributed by atoms with Crippen LogP contribution in [0, 0.1) is 5.92 Å². The Balaban J connectivity index is 2.87. The predicted molar refractivity (Wildman–Crippen MR) is 98.3 cm³/mol. The summed E-state index contributed by atoms with van der Waals surface area (Å²) < 4.78 is 9.78. The average molecular weight is 426 g/mol. The Labute approximate surface area is 166 Å². The highest BCUT2D eigenvalue weighted by atomic mass is 35.5. The Hall–Kier alpha value is -1.50. The summed E-state index contributed by atoms with van der Waals surface area (Å²) in [6, 6.07) is 1.14. The van der Waals surface area contributed by atoms with Crippen LogP contribution < -0.4 is 4.74 Å². The van der Waals surface area contributed by atoms with Crippen molar-refractivity contribution in [1.29, 1.82) is 0 Å². The van der Waals surface area contributed by atoms with E-state index in [2.05, 4.69) is 18.6 Å². The van der Waals surface area contributed by atoms with Gasteiger partial charge in [0.1, 0.15) is 5.56 Å². The second-order valence-electron chi connectivity index (χ2n) is 5.93. The molecule has 0 saturated heterocycles.